The molecule has 1 atom stereocenters. The zero-order chi connectivity index (χ0) is 19.2. The first kappa shape index (κ1) is 17.8. The quantitative estimate of drug-likeness (QED) is 0.537. The Bertz CT molecular complexity index is 1040. The Kier molecular flexibility index (Phi) is 5.33. The second kappa shape index (κ2) is 8.39. The molecule has 28 heavy (non-hydrogen) atoms. The van der Waals surface area contributed by atoms with Gasteiger partial charge in [-0.3, -0.25) is 5.01 Å². The van der Waals surface area contributed by atoms with Crippen LogP contribution < -0.4 is 10.4 Å². The van der Waals surface area contributed by atoms with E-state index >= 15 is 0 Å². The summed E-state index contributed by atoms with van der Waals surface area (Å²) < 4.78 is 0. The minimum atomic E-state index is 0.239. The Hall–Kier alpha value is -3.61. The number of nitrogens with zero attached hydrogens (tertiary/aromatic N) is 2. The summed E-state index contributed by atoms with van der Waals surface area (Å²) in [6, 6.07) is 28.6. The molecule has 0 aliphatic carbocycles. The van der Waals surface area contributed by atoms with Crippen LogP contribution in [0.25, 0.3) is 0 Å². The summed E-state index contributed by atoms with van der Waals surface area (Å²) in [5.41, 5.74) is 7.52. The number of hydrazine groups is 1. The maximum absolute atomic E-state index is 4.69. The summed E-state index contributed by atoms with van der Waals surface area (Å²) in [6.45, 7) is 2.11. The molecule has 4 rings (SSSR count). The fraction of sp³-hybridized carbons (Fsp3) is 0.0800. The molecule has 0 spiro atoms. The minimum Gasteiger partial charge on any atom is -0.259 e. The number of nitrogens with one attached hydrogen (secondary N) is 1. The molecule has 136 valence electrons. The van der Waals surface area contributed by atoms with Gasteiger partial charge in [0.25, 0.3) is 0 Å². The number of rotatable bonds is 3. The molecule has 1 aliphatic rings. The molecule has 1 N–H and O–H groups in total. The van der Waals surface area contributed by atoms with Crippen molar-refractivity contribution < 1.29 is 0 Å². The van der Waals surface area contributed by atoms with Gasteiger partial charge in [-0.2, -0.15) is 0 Å². The standard InChI is InChI=1S/C25H21N3/c1-20-18-25(28(27-20)24-10-6-3-7-11-24)26-19-23-16-14-22(15-17-23)13-12-21-8-4-2-5-9-21/h2-11,14-20,27H,1H3/t20-/m1/s1. The zero-order valence-electron chi connectivity index (χ0n) is 15.7. The highest BCUT2D eigenvalue weighted by atomic mass is 15.6. The van der Waals surface area contributed by atoms with Crippen LogP contribution >= 0.6 is 0 Å². The van der Waals surface area contributed by atoms with E-state index in [0.717, 1.165) is 28.2 Å². The van der Waals surface area contributed by atoms with E-state index in [1.165, 1.54) is 0 Å². The molecule has 1 heterocycles. The molecule has 0 amide bonds. The van der Waals surface area contributed by atoms with Gasteiger partial charge in [-0.1, -0.05) is 60.4 Å². The van der Waals surface area contributed by atoms with Crippen LogP contribution in [-0.2, 0) is 0 Å². The van der Waals surface area contributed by atoms with Crippen molar-refractivity contribution in [3.63, 3.8) is 0 Å². The van der Waals surface area contributed by atoms with Gasteiger partial charge in [0, 0.05) is 23.4 Å². The van der Waals surface area contributed by atoms with Gasteiger partial charge < -0.3 is 0 Å². The maximum atomic E-state index is 4.69. The van der Waals surface area contributed by atoms with Gasteiger partial charge in [0.1, 0.15) is 5.82 Å². The topological polar surface area (TPSA) is 27.6 Å². The van der Waals surface area contributed by atoms with Crippen molar-refractivity contribution in [2.24, 2.45) is 4.99 Å². The molecule has 0 bridgehead atoms. The smallest absolute Gasteiger partial charge is 0.145 e. The van der Waals surface area contributed by atoms with Crippen molar-refractivity contribution in [1.29, 1.82) is 0 Å². The second-order valence-electron chi connectivity index (χ2n) is 6.61. The van der Waals surface area contributed by atoms with Crippen LogP contribution in [0.3, 0.4) is 0 Å². The summed E-state index contributed by atoms with van der Waals surface area (Å²) >= 11 is 0. The third-order valence-electron chi connectivity index (χ3n) is 4.36. The third kappa shape index (κ3) is 4.37. The Morgan fingerprint density at radius 3 is 2.11 bits per heavy atom. The molecule has 1 aliphatic heterocycles. The average Bonchev–Trinajstić information content (AvgIpc) is 3.13. The highest BCUT2D eigenvalue weighted by Gasteiger charge is 2.20. The molecule has 3 nitrogen and oxygen atoms in total. The van der Waals surface area contributed by atoms with Crippen molar-refractivity contribution in [2.75, 3.05) is 5.01 Å². The molecule has 0 saturated heterocycles. The van der Waals surface area contributed by atoms with Crippen LogP contribution in [0.15, 0.2) is 102 Å². The van der Waals surface area contributed by atoms with Gasteiger partial charge in [0.2, 0.25) is 0 Å². The van der Waals surface area contributed by atoms with Crippen molar-refractivity contribution in [1.82, 2.24) is 5.43 Å². The monoisotopic (exact) mass is 363 g/mol. The van der Waals surface area contributed by atoms with Crippen LogP contribution in [-0.4, -0.2) is 12.3 Å². The summed E-state index contributed by atoms with van der Waals surface area (Å²) in [5.74, 6) is 7.27. The lowest BCUT2D eigenvalue weighted by atomic mass is 10.1. The lowest BCUT2D eigenvalue weighted by Crippen LogP contribution is -2.35. The molecule has 3 aromatic carbocycles. The van der Waals surface area contributed by atoms with Crippen molar-refractivity contribution in [3.8, 4) is 11.8 Å². The van der Waals surface area contributed by atoms with E-state index in [1.807, 2.05) is 84.0 Å². The Morgan fingerprint density at radius 1 is 0.821 bits per heavy atom. The van der Waals surface area contributed by atoms with Crippen molar-refractivity contribution in [3.05, 3.63) is 114 Å². The van der Waals surface area contributed by atoms with Crippen LogP contribution in [0, 0.1) is 11.8 Å². The van der Waals surface area contributed by atoms with Crippen molar-refractivity contribution in [2.45, 2.75) is 13.0 Å². The van der Waals surface area contributed by atoms with Gasteiger partial charge in [-0.05, 0) is 55.0 Å². The summed E-state index contributed by atoms with van der Waals surface area (Å²) in [7, 11) is 0. The number of benzene rings is 3. The zero-order valence-corrected chi connectivity index (χ0v) is 15.7. The Morgan fingerprint density at radius 2 is 1.43 bits per heavy atom. The highest BCUT2D eigenvalue weighted by molar-refractivity contribution is 5.81. The van der Waals surface area contributed by atoms with Gasteiger partial charge in [-0.15, -0.1) is 0 Å². The van der Waals surface area contributed by atoms with E-state index in [0.29, 0.717) is 0 Å². The largest absolute Gasteiger partial charge is 0.259 e. The molecule has 0 radical (unpaired) electrons. The Balaban J connectivity index is 1.47. The number of hydrogen-bond donors (Lipinski definition) is 1. The number of hydrogen-bond acceptors (Lipinski definition) is 3. The minimum absolute atomic E-state index is 0.239. The van der Waals surface area contributed by atoms with E-state index in [4.69, 9.17) is 0 Å². The fourth-order valence-corrected chi connectivity index (χ4v) is 2.95. The van der Waals surface area contributed by atoms with E-state index < -0.39 is 0 Å². The lowest BCUT2D eigenvalue weighted by Gasteiger charge is -2.20. The first-order valence-corrected chi connectivity index (χ1v) is 9.32. The summed E-state index contributed by atoms with van der Waals surface area (Å²) in [4.78, 5) is 4.69. The molecule has 0 unspecified atom stereocenters. The van der Waals surface area contributed by atoms with Gasteiger partial charge in [0.15, 0.2) is 0 Å². The SMILES string of the molecule is C[C@@H]1C=C(N=Cc2ccc(C#Cc3ccccc3)cc2)N(c2ccccc2)N1. The normalized spacial score (nSPS) is 16.0. The van der Waals surface area contributed by atoms with Crippen LogP contribution in [0.4, 0.5) is 5.69 Å². The average molecular weight is 363 g/mol. The van der Waals surface area contributed by atoms with Gasteiger partial charge in [0.05, 0.1) is 5.69 Å². The maximum Gasteiger partial charge on any atom is 0.145 e. The first-order valence-electron chi connectivity index (χ1n) is 9.32. The van der Waals surface area contributed by atoms with E-state index in [-0.39, 0.29) is 6.04 Å². The predicted molar refractivity (Wildman–Crippen MR) is 116 cm³/mol. The van der Waals surface area contributed by atoms with E-state index in [1.54, 1.807) is 0 Å². The molecule has 0 saturated carbocycles. The third-order valence-corrected chi connectivity index (χ3v) is 4.36. The first-order chi connectivity index (χ1) is 13.8. The molecule has 3 aromatic rings. The number of para-hydroxylation sites is 1. The van der Waals surface area contributed by atoms with Crippen LogP contribution in [0.5, 0.6) is 0 Å². The van der Waals surface area contributed by atoms with Crippen molar-refractivity contribution >= 4 is 11.9 Å². The van der Waals surface area contributed by atoms with E-state index in [9.17, 15) is 0 Å². The molecular weight excluding hydrogens is 342 g/mol. The van der Waals surface area contributed by atoms with Crippen LogP contribution in [0.2, 0.25) is 0 Å². The molecule has 0 aromatic heterocycles. The fourth-order valence-electron chi connectivity index (χ4n) is 2.95. The second-order valence-corrected chi connectivity index (χ2v) is 6.61. The molecule has 3 heteroatoms. The summed E-state index contributed by atoms with van der Waals surface area (Å²) in [6.07, 6.45) is 4.00. The molecular formula is C25H21N3. The molecule has 0 fully saturated rings. The summed E-state index contributed by atoms with van der Waals surface area (Å²) in [5, 5.41) is 2.01. The number of anilines is 1. The Labute approximate surface area is 166 Å². The lowest BCUT2D eigenvalue weighted by molar-refractivity contribution is 0.673. The predicted octanol–water partition coefficient (Wildman–Crippen LogP) is 4.76. The van der Waals surface area contributed by atoms with Crippen LogP contribution in [0.1, 0.15) is 23.6 Å². The highest BCUT2D eigenvalue weighted by Crippen LogP contribution is 2.22. The van der Waals surface area contributed by atoms with E-state index in [2.05, 4.69) is 47.4 Å². The van der Waals surface area contributed by atoms with Gasteiger partial charge in [-0.25, -0.2) is 10.4 Å². The van der Waals surface area contributed by atoms with Gasteiger partial charge >= 0.3 is 0 Å². The number of aliphatic imine (C=N–C) groups is 1.